The van der Waals surface area contributed by atoms with Crippen molar-refractivity contribution in [2.24, 2.45) is 0 Å². The average molecular weight is 200 g/mol. The van der Waals surface area contributed by atoms with Crippen LogP contribution in [0.15, 0.2) is 0 Å². The van der Waals surface area contributed by atoms with Crippen molar-refractivity contribution in [3.05, 3.63) is 0 Å². The number of hydrogen-bond donors (Lipinski definition) is 4. The van der Waals surface area contributed by atoms with Gasteiger partial charge in [0.25, 0.3) is 0 Å². The molecule has 4 N–H and O–H groups in total. The van der Waals surface area contributed by atoms with Crippen LogP contribution in [0, 0.1) is 0 Å². The smallest absolute Gasteiger partial charge is 0.0964 e. The Morgan fingerprint density at radius 3 is 0.929 bits per heavy atom. The highest BCUT2D eigenvalue weighted by atomic mass is 16.4. The zero-order valence-corrected chi connectivity index (χ0v) is 8.03. The predicted molar refractivity (Wildman–Crippen MR) is 47.5 cm³/mol. The van der Waals surface area contributed by atoms with Gasteiger partial charge in [-0.05, 0) is 25.7 Å². The summed E-state index contributed by atoms with van der Waals surface area (Å²) in [6.45, 7) is 0. The molecule has 5 aliphatic rings. The molecule has 5 rings (SSSR count). The molecular weight excluding hydrogens is 184 g/mol. The number of fused-ring (bicyclic) bond motifs is 2. The van der Waals surface area contributed by atoms with Gasteiger partial charge in [-0.15, -0.1) is 0 Å². The second kappa shape index (κ2) is 2.02. The normalized spacial score (nSPS) is 66.0. The van der Waals surface area contributed by atoms with Crippen LogP contribution in [0.2, 0.25) is 0 Å². The molecule has 4 nitrogen and oxygen atoms in total. The predicted octanol–water partition coefficient (Wildman–Crippen LogP) is -0.708. The Morgan fingerprint density at radius 1 is 0.500 bits per heavy atom. The van der Waals surface area contributed by atoms with Gasteiger partial charge in [-0.2, -0.15) is 0 Å². The molecule has 0 aliphatic heterocycles. The van der Waals surface area contributed by atoms with Gasteiger partial charge in [0.2, 0.25) is 0 Å². The zero-order chi connectivity index (χ0) is 10.2. The van der Waals surface area contributed by atoms with Gasteiger partial charge >= 0.3 is 0 Å². The van der Waals surface area contributed by atoms with Gasteiger partial charge in [0, 0.05) is 12.8 Å². The first kappa shape index (κ1) is 9.09. The summed E-state index contributed by atoms with van der Waals surface area (Å²) in [5.41, 5.74) is -4.70. The van der Waals surface area contributed by atoms with Gasteiger partial charge in [0.1, 0.15) is 0 Å². The number of aliphatic hydroxyl groups is 4. The van der Waals surface area contributed by atoms with Crippen molar-refractivity contribution in [1.82, 2.24) is 0 Å². The summed E-state index contributed by atoms with van der Waals surface area (Å²) in [5.74, 6) is 0. The molecule has 5 saturated carbocycles. The summed E-state index contributed by atoms with van der Waals surface area (Å²) in [6, 6.07) is 0. The maximum atomic E-state index is 10.2. The highest BCUT2D eigenvalue weighted by molar-refractivity contribution is 5.26. The fourth-order valence-electron chi connectivity index (χ4n) is 3.74. The van der Waals surface area contributed by atoms with E-state index in [0.29, 0.717) is 25.7 Å². The molecule has 4 atom stereocenters. The van der Waals surface area contributed by atoms with Crippen LogP contribution in [0.5, 0.6) is 0 Å². The van der Waals surface area contributed by atoms with Crippen molar-refractivity contribution < 1.29 is 20.4 Å². The molecule has 0 saturated heterocycles. The van der Waals surface area contributed by atoms with E-state index in [4.69, 9.17) is 0 Å². The van der Waals surface area contributed by atoms with Crippen molar-refractivity contribution in [3.8, 4) is 0 Å². The largest absolute Gasteiger partial charge is 0.387 e. The number of hydrogen-bond acceptors (Lipinski definition) is 4. The summed E-state index contributed by atoms with van der Waals surface area (Å²) < 4.78 is 0. The van der Waals surface area contributed by atoms with Gasteiger partial charge in [-0.1, -0.05) is 0 Å². The SMILES string of the molecule is O[C@]12CC[C@]3(O)C[C@@]1(O)CC[C@]3(O)C2. The minimum atomic E-state index is -1.18. The fourth-order valence-corrected chi connectivity index (χ4v) is 3.74. The molecule has 0 aromatic carbocycles. The van der Waals surface area contributed by atoms with Crippen LogP contribution in [0.3, 0.4) is 0 Å². The summed E-state index contributed by atoms with van der Waals surface area (Å²) in [5, 5.41) is 40.9. The Balaban J connectivity index is 2.14. The Kier molecular flexibility index (Phi) is 1.31. The average Bonchev–Trinajstić information content (AvgIpc) is 2.06. The van der Waals surface area contributed by atoms with Crippen molar-refractivity contribution in [2.75, 3.05) is 0 Å². The molecule has 14 heavy (non-hydrogen) atoms. The van der Waals surface area contributed by atoms with E-state index < -0.39 is 22.4 Å². The third kappa shape index (κ3) is 0.724. The third-order valence-corrected chi connectivity index (χ3v) is 4.81. The zero-order valence-electron chi connectivity index (χ0n) is 8.03. The van der Waals surface area contributed by atoms with Gasteiger partial charge < -0.3 is 20.4 Å². The fraction of sp³-hybridized carbons (Fsp3) is 1.00. The molecule has 5 aliphatic carbocycles. The van der Waals surface area contributed by atoms with Crippen LogP contribution in [-0.4, -0.2) is 42.8 Å². The van der Waals surface area contributed by atoms with E-state index in [0.717, 1.165) is 0 Å². The Labute approximate surface area is 82.2 Å². The minimum absolute atomic E-state index is 0.118. The standard InChI is InChI=1S/C10H16O4/c11-7-1-2-8(12)6-9(7,13)3-4-10(8,14)5-7/h11-14H,1-6H2/t7-,8-,9-,10-/m0/s1. The topological polar surface area (TPSA) is 80.9 Å². The van der Waals surface area contributed by atoms with E-state index >= 15 is 0 Å². The van der Waals surface area contributed by atoms with Crippen molar-refractivity contribution in [3.63, 3.8) is 0 Å². The highest BCUT2D eigenvalue weighted by Crippen LogP contribution is 2.63. The lowest BCUT2D eigenvalue weighted by molar-refractivity contribution is -0.354. The van der Waals surface area contributed by atoms with Crippen LogP contribution in [0.4, 0.5) is 0 Å². The molecule has 0 aromatic rings. The molecule has 80 valence electrons. The van der Waals surface area contributed by atoms with Crippen molar-refractivity contribution in [1.29, 1.82) is 0 Å². The van der Waals surface area contributed by atoms with E-state index in [2.05, 4.69) is 0 Å². The van der Waals surface area contributed by atoms with Crippen LogP contribution in [0.1, 0.15) is 38.5 Å². The lowest BCUT2D eigenvalue weighted by Crippen LogP contribution is -2.80. The van der Waals surface area contributed by atoms with Crippen molar-refractivity contribution in [2.45, 2.75) is 60.9 Å². The van der Waals surface area contributed by atoms with E-state index in [9.17, 15) is 20.4 Å². The van der Waals surface area contributed by atoms with Gasteiger partial charge in [-0.25, -0.2) is 0 Å². The maximum Gasteiger partial charge on any atom is 0.0964 e. The number of rotatable bonds is 0. The van der Waals surface area contributed by atoms with E-state index in [1.54, 1.807) is 0 Å². The molecule has 5 fully saturated rings. The molecular formula is C10H16O4. The summed E-state index contributed by atoms with van der Waals surface area (Å²) in [7, 11) is 0. The second-order valence-electron chi connectivity index (χ2n) is 5.48. The summed E-state index contributed by atoms with van der Waals surface area (Å²) in [6.07, 6.45) is 1.80. The van der Waals surface area contributed by atoms with E-state index in [1.807, 2.05) is 0 Å². The quantitative estimate of drug-likeness (QED) is 0.416. The van der Waals surface area contributed by atoms with Crippen molar-refractivity contribution >= 4 is 0 Å². The third-order valence-electron chi connectivity index (χ3n) is 4.81. The lowest BCUT2D eigenvalue weighted by atomic mass is 9.44. The van der Waals surface area contributed by atoms with Gasteiger partial charge in [-0.3, -0.25) is 0 Å². The summed E-state index contributed by atoms with van der Waals surface area (Å²) >= 11 is 0. The molecule has 0 heterocycles. The van der Waals surface area contributed by atoms with Crippen LogP contribution < -0.4 is 0 Å². The molecule has 4 bridgehead atoms. The summed E-state index contributed by atoms with van der Waals surface area (Å²) in [4.78, 5) is 0. The molecule has 4 heteroatoms. The van der Waals surface area contributed by atoms with Gasteiger partial charge in [0.15, 0.2) is 0 Å². The highest BCUT2D eigenvalue weighted by Gasteiger charge is 2.74. The molecule has 0 radical (unpaired) electrons. The first-order valence-corrected chi connectivity index (χ1v) is 5.22. The van der Waals surface area contributed by atoms with Crippen LogP contribution >= 0.6 is 0 Å². The van der Waals surface area contributed by atoms with Crippen LogP contribution in [0.25, 0.3) is 0 Å². The Hall–Kier alpha value is -0.160. The monoisotopic (exact) mass is 200 g/mol. The molecule has 0 aromatic heterocycles. The Morgan fingerprint density at radius 2 is 0.714 bits per heavy atom. The first-order chi connectivity index (χ1) is 6.33. The van der Waals surface area contributed by atoms with E-state index in [1.165, 1.54) is 0 Å². The van der Waals surface area contributed by atoms with E-state index in [-0.39, 0.29) is 12.8 Å². The maximum absolute atomic E-state index is 10.2. The molecule has 0 spiro atoms. The van der Waals surface area contributed by atoms with Gasteiger partial charge in [0.05, 0.1) is 22.4 Å². The minimum Gasteiger partial charge on any atom is -0.387 e. The van der Waals surface area contributed by atoms with Crippen LogP contribution in [-0.2, 0) is 0 Å². The molecule has 0 amide bonds. The second-order valence-corrected chi connectivity index (χ2v) is 5.48. The first-order valence-electron chi connectivity index (χ1n) is 5.22. The Bertz CT molecular complexity index is 248. The lowest BCUT2D eigenvalue weighted by Gasteiger charge is -2.68. The molecule has 0 unspecified atom stereocenters.